The lowest BCUT2D eigenvalue weighted by molar-refractivity contribution is -0.220. The average Bonchev–Trinajstić information content (AvgIpc) is 3.92. The zero-order chi connectivity index (χ0) is 46.9. The lowest BCUT2D eigenvalue weighted by Crippen LogP contribution is -2.70. The summed E-state index contributed by atoms with van der Waals surface area (Å²) >= 11 is 0. The number of anilines is 4. The number of carbonyl (C=O) groups is 4. The molecule has 67 heavy (non-hydrogen) atoms. The molecule has 2 atom stereocenters. The number of aryl methyl sites for hydroxylation is 1. The first-order valence-electron chi connectivity index (χ1n) is 22.3. The number of alkyl halides is 2. The van der Waals surface area contributed by atoms with Gasteiger partial charge in [0.2, 0.25) is 5.91 Å². The van der Waals surface area contributed by atoms with E-state index in [0.717, 1.165) is 29.0 Å². The standard InChI is InChI=1S/C47H50F3N11O6/c1-26-16-28(18-35(41(26)67-4)60-14-11-39(62)55-45(60)65)44(64)58-15-12-46(47(49,50)25-58)23-57(24-46)22-27-17-31(48)40(52-20-27)30-6-5-7-34-29(30)10-13-59(34)38-19-33(51-2)42-53-21-36(61(42)56-38)43(63)54-32-8-9-37(32)66-3/h5-7,16-21,32,37,51H,8-15,22-25H2,1-4H3,(H,54,63)(H,55,62,65)/t32-,37-/m1/s1. The van der Waals surface area contributed by atoms with Gasteiger partial charge in [0.1, 0.15) is 17.3 Å². The molecule has 1 spiro atoms. The summed E-state index contributed by atoms with van der Waals surface area (Å²) in [6.07, 6.45) is 5.47. The molecule has 4 fully saturated rings. The second kappa shape index (κ2) is 16.8. The molecule has 20 heteroatoms. The molecule has 7 heterocycles. The Morgan fingerprint density at radius 3 is 2.46 bits per heavy atom. The molecular weight excluding hydrogens is 872 g/mol. The Kier molecular flexibility index (Phi) is 11.1. The minimum atomic E-state index is -3.21. The molecule has 1 saturated carbocycles. The molecule has 1 aliphatic carbocycles. The molecule has 4 aliphatic heterocycles. The Balaban J connectivity index is 0.807. The normalized spacial score (nSPS) is 20.9. The number of hydrogen-bond donors (Lipinski definition) is 3. The molecule has 17 nitrogen and oxygen atoms in total. The van der Waals surface area contributed by atoms with E-state index in [9.17, 15) is 19.2 Å². The monoisotopic (exact) mass is 921 g/mol. The molecule has 3 N–H and O–H groups in total. The van der Waals surface area contributed by atoms with Crippen LogP contribution in [-0.4, -0.2) is 132 Å². The number of hydrogen-bond acceptors (Lipinski definition) is 12. The number of nitrogens with one attached hydrogen (secondary N) is 3. The number of aromatic nitrogens is 4. The SMILES string of the molecule is CNc1cc(N2CCc3c(-c4ncc(CN5CC6(CCN(C(=O)c7cc(C)c(OC)c(N8CCC(=O)NC8=O)c7)CC6(F)F)C5)cc4F)cccc32)nn2c(C(=O)N[C@@H]3CC[C@H]3OC)cnc12. The van der Waals surface area contributed by atoms with Gasteiger partial charge in [-0.1, -0.05) is 12.1 Å². The molecule has 0 radical (unpaired) electrons. The van der Waals surface area contributed by atoms with E-state index in [1.165, 1.54) is 34.9 Å². The third kappa shape index (κ3) is 7.55. The summed E-state index contributed by atoms with van der Waals surface area (Å²) < 4.78 is 60.9. The van der Waals surface area contributed by atoms with Gasteiger partial charge in [0.05, 0.1) is 48.8 Å². The number of methoxy groups -OCH3 is 2. The van der Waals surface area contributed by atoms with Gasteiger partial charge in [0.25, 0.3) is 17.7 Å². The zero-order valence-electron chi connectivity index (χ0n) is 37.5. The van der Waals surface area contributed by atoms with Crippen molar-refractivity contribution in [1.29, 1.82) is 0 Å². The van der Waals surface area contributed by atoms with Gasteiger partial charge in [0, 0.05) is 88.9 Å². The van der Waals surface area contributed by atoms with Gasteiger partial charge in [-0.3, -0.25) is 34.5 Å². The van der Waals surface area contributed by atoms with Crippen LogP contribution in [0.1, 0.15) is 63.2 Å². The fourth-order valence-electron chi connectivity index (χ4n) is 10.3. The van der Waals surface area contributed by atoms with Crippen LogP contribution in [-0.2, 0) is 22.5 Å². The van der Waals surface area contributed by atoms with Crippen molar-refractivity contribution < 1.29 is 41.8 Å². The molecule has 5 amide bonds. The van der Waals surface area contributed by atoms with Crippen molar-refractivity contribution in [1.82, 2.24) is 40.0 Å². The molecule has 350 valence electrons. The van der Waals surface area contributed by atoms with E-state index < -0.39 is 41.5 Å². The molecule has 3 saturated heterocycles. The number of fused-ring (bicyclic) bond motifs is 2. The van der Waals surface area contributed by atoms with Crippen LogP contribution in [0.15, 0.2) is 54.9 Å². The van der Waals surface area contributed by atoms with Crippen molar-refractivity contribution in [2.24, 2.45) is 5.41 Å². The zero-order valence-corrected chi connectivity index (χ0v) is 37.5. The topological polar surface area (TPSA) is 179 Å². The van der Waals surface area contributed by atoms with Crippen LogP contribution in [0, 0.1) is 18.2 Å². The largest absolute Gasteiger partial charge is 0.494 e. The summed E-state index contributed by atoms with van der Waals surface area (Å²) in [6.45, 7) is 1.99. The molecule has 3 aromatic heterocycles. The van der Waals surface area contributed by atoms with Crippen molar-refractivity contribution in [2.45, 2.75) is 63.6 Å². The van der Waals surface area contributed by atoms with Gasteiger partial charge in [-0.2, -0.15) is 0 Å². The summed E-state index contributed by atoms with van der Waals surface area (Å²) in [6, 6.07) is 11.2. The number of carbonyl (C=O) groups excluding carboxylic acids is 4. The molecule has 10 rings (SSSR count). The first-order valence-corrected chi connectivity index (χ1v) is 22.3. The van der Waals surface area contributed by atoms with Gasteiger partial charge < -0.3 is 29.9 Å². The molecular formula is C47H50F3N11O6. The fraction of sp³-hybridized carbons (Fsp3) is 0.426. The van der Waals surface area contributed by atoms with Crippen molar-refractivity contribution in [3.8, 4) is 17.0 Å². The number of halogens is 3. The highest BCUT2D eigenvalue weighted by Crippen LogP contribution is 2.51. The van der Waals surface area contributed by atoms with E-state index >= 15 is 13.2 Å². The molecule has 0 unspecified atom stereocenters. The lowest BCUT2D eigenvalue weighted by atomic mass is 9.69. The Bertz CT molecular complexity index is 2850. The van der Waals surface area contributed by atoms with Gasteiger partial charge in [0.15, 0.2) is 17.2 Å². The summed E-state index contributed by atoms with van der Waals surface area (Å²) in [7, 11) is 4.83. The van der Waals surface area contributed by atoms with E-state index in [0.29, 0.717) is 52.6 Å². The maximum absolute atomic E-state index is 16.1. The third-order valence-corrected chi connectivity index (χ3v) is 14.1. The average molecular weight is 922 g/mol. The van der Waals surface area contributed by atoms with Crippen molar-refractivity contribution >= 4 is 52.3 Å². The van der Waals surface area contributed by atoms with Crippen molar-refractivity contribution in [3.63, 3.8) is 0 Å². The van der Waals surface area contributed by atoms with E-state index in [-0.39, 0.29) is 86.3 Å². The summed E-state index contributed by atoms with van der Waals surface area (Å²) in [5, 5.41) is 13.3. The number of nitrogens with zero attached hydrogens (tertiary/aromatic N) is 8. The highest BCUT2D eigenvalue weighted by molar-refractivity contribution is 6.07. The Morgan fingerprint density at radius 1 is 0.955 bits per heavy atom. The number of rotatable bonds is 11. The number of likely N-dealkylation sites (tertiary alicyclic amines) is 2. The third-order valence-electron chi connectivity index (χ3n) is 14.1. The maximum Gasteiger partial charge on any atom is 0.328 e. The smallest absolute Gasteiger partial charge is 0.328 e. The quantitative estimate of drug-likeness (QED) is 0.156. The minimum absolute atomic E-state index is 0.0332. The molecule has 0 bridgehead atoms. The number of benzene rings is 2. The Morgan fingerprint density at radius 2 is 1.76 bits per heavy atom. The van der Waals surface area contributed by atoms with Crippen LogP contribution in [0.5, 0.6) is 5.75 Å². The van der Waals surface area contributed by atoms with Gasteiger partial charge in [-0.15, -0.1) is 5.10 Å². The number of piperidine rings is 1. The van der Waals surface area contributed by atoms with E-state index in [2.05, 4.69) is 25.9 Å². The Hall–Kier alpha value is -6.80. The van der Waals surface area contributed by atoms with Crippen molar-refractivity contribution in [2.75, 3.05) is 75.7 Å². The summed E-state index contributed by atoms with van der Waals surface area (Å²) in [4.78, 5) is 67.0. The highest BCUT2D eigenvalue weighted by Gasteiger charge is 2.63. The number of pyridine rings is 1. The second-order valence-corrected chi connectivity index (χ2v) is 18.1. The van der Waals surface area contributed by atoms with Crippen LogP contribution in [0.4, 0.5) is 40.8 Å². The van der Waals surface area contributed by atoms with E-state index in [1.807, 2.05) is 34.1 Å². The van der Waals surface area contributed by atoms with Crippen LogP contribution < -0.4 is 30.5 Å². The summed E-state index contributed by atoms with van der Waals surface area (Å²) in [5.41, 5.74) is 4.12. The van der Waals surface area contributed by atoms with Crippen LogP contribution in [0.3, 0.4) is 0 Å². The highest BCUT2D eigenvalue weighted by atomic mass is 19.3. The first-order chi connectivity index (χ1) is 32.2. The predicted octanol–water partition coefficient (Wildman–Crippen LogP) is 5.32. The van der Waals surface area contributed by atoms with Crippen LogP contribution in [0.25, 0.3) is 16.9 Å². The van der Waals surface area contributed by atoms with Crippen LogP contribution in [0.2, 0.25) is 0 Å². The number of imide groups is 1. The summed E-state index contributed by atoms with van der Waals surface area (Å²) in [5.74, 6) is -4.15. The number of urea groups is 1. The minimum Gasteiger partial charge on any atom is -0.494 e. The number of amides is 5. The van der Waals surface area contributed by atoms with Crippen molar-refractivity contribution in [3.05, 3.63) is 88.6 Å². The van der Waals surface area contributed by atoms with Crippen LogP contribution >= 0.6 is 0 Å². The maximum atomic E-state index is 16.1. The lowest BCUT2D eigenvalue weighted by Gasteiger charge is -2.57. The number of imidazole rings is 1. The Labute approximate surface area is 383 Å². The fourth-order valence-corrected chi connectivity index (χ4v) is 10.3. The first kappa shape index (κ1) is 44.1. The van der Waals surface area contributed by atoms with Gasteiger partial charge >= 0.3 is 6.03 Å². The molecule has 2 aromatic carbocycles. The molecule has 5 aromatic rings. The molecule has 5 aliphatic rings. The van der Waals surface area contributed by atoms with E-state index in [4.69, 9.17) is 14.6 Å². The predicted molar refractivity (Wildman–Crippen MR) is 241 cm³/mol. The van der Waals surface area contributed by atoms with Gasteiger partial charge in [-0.05, 0) is 73.6 Å². The van der Waals surface area contributed by atoms with E-state index in [1.54, 1.807) is 33.3 Å². The number of ether oxygens (including phenoxy) is 2. The second-order valence-electron chi connectivity index (χ2n) is 18.1. The van der Waals surface area contributed by atoms with Gasteiger partial charge in [-0.25, -0.2) is 27.5 Å².